The van der Waals surface area contributed by atoms with Gasteiger partial charge in [0.05, 0.1) is 0 Å². The summed E-state index contributed by atoms with van der Waals surface area (Å²) < 4.78 is 0. The van der Waals surface area contributed by atoms with Crippen LogP contribution < -0.4 is 0 Å². The fourth-order valence-electron chi connectivity index (χ4n) is 44.2. The Hall–Kier alpha value is 3.69. The van der Waals surface area contributed by atoms with E-state index in [0.717, 1.165) is 0 Å². The van der Waals surface area contributed by atoms with E-state index in [1.165, 1.54) is 0 Å². The van der Waals surface area contributed by atoms with Crippen LogP contribution in [0.1, 0.15) is 374 Å². The van der Waals surface area contributed by atoms with Crippen molar-refractivity contribution in [3.05, 3.63) is 0 Å². The van der Waals surface area contributed by atoms with Gasteiger partial charge < -0.3 is 0 Å². The Morgan fingerprint density at radius 1 is 0.116 bits per heavy atom. The average molecular weight is 1600 g/mol. The van der Waals surface area contributed by atoms with Crippen molar-refractivity contribution in [2.75, 3.05) is 0 Å². The van der Waals surface area contributed by atoms with Gasteiger partial charge in [-0.05, 0) is 90.7 Å². The zero-order valence-corrected chi connectivity index (χ0v) is 94.5. The van der Waals surface area contributed by atoms with Crippen LogP contribution in [0.3, 0.4) is 0 Å². The van der Waals surface area contributed by atoms with Gasteiger partial charge >= 0.3 is 0 Å². The monoisotopic (exact) mass is 1590 g/mol. The van der Waals surface area contributed by atoms with Gasteiger partial charge in [-0.2, -0.15) is 0 Å². The minimum atomic E-state index is -3.04. The molecule has 9 rings (SSSR count). The first-order valence-corrected chi connectivity index (χ1v) is 99.0. The molecule has 0 aromatic heterocycles. The van der Waals surface area contributed by atoms with Crippen LogP contribution in [0.5, 0.6) is 0 Å². The van der Waals surface area contributed by atoms with Crippen molar-refractivity contribution in [2.45, 2.75) is 504 Å². The molecule has 0 aromatic rings. The van der Waals surface area contributed by atoms with Crippen LogP contribution in [0.2, 0.25) is 130 Å². The lowest BCUT2D eigenvalue weighted by Crippen LogP contribution is -3.59. The van der Waals surface area contributed by atoms with E-state index >= 15 is 0 Å². The van der Waals surface area contributed by atoms with Gasteiger partial charge in [-0.1, -0.05) is 413 Å². The molecule has 0 nitrogen and oxygen atoms in total. The fourth-order valence-corrected chi connectivity index (χ4v) is 1950. The maximum absolute atomic E-state index is 3.33. The third kappa shape index (κ3) is 6.76. The Morgan fingerprint density at radius 3 is 0.232 bits per heavy atom. The zero-order chi connectivity index (χ0) is 77.5. The molecular weight excluding hydrogens is 1410 g/mol. The normalized spacial score (nSPS) is 33.2. The van der Waals surface area contributed by atoms with Crippen LogP contribution in [-0.4, -0.2) is 116 Å². The first-order valence-electron chi connectivity index (χ1n) is 40.0. The standard InChI is InChI=1S/C78H180Si17/c1-61(2,3)81(62(4,5)6)90(79(55,56)57)82(63(7,8)9,64(10,11)12)92(81,83(90,65(13,14)15)66(16,17)18)94-87(73(37,38)39,74(40,41)42)95(88(94,75(43,44)45)76(46,47)48,89(94,77(49,50)51)78(52,53)54)93-84(67(19,20)21,68(22,23)24)91(80(58,59)60,85(93,69(25,26)27)70(28,29)30)86(93,71(31,32)33)72(34,35)36/h1-60H3. The summed E-state index contributed by atoms with van der Waals surface area (Å²) in [6, 6.07) is 0. The Bertz CT molecular complexity index is 2490. The van der Waals surface area contributed by atoms with Crippen molar-refractivity contribution in [1.29, 1.82) is 0 Å². The molecule has 0 N–H and O–H groups in total. The Labute approximate surface area is 614 Å². The average Bonchev–Trinajstić information content (AvgIpc) is 0.501. The second kappa shape index (κ2) is 20.0. The van der Waals surface area contributed by atoms with Crippen molar-refractivity contribution >= 4 is 116 Å². The molecule has 560 valence electrons. The largest absolute Gasteiger partial charge is 0.0721 e. The third-order valence-electron chi connectivity index (χ3n) is 33.8. The predicted molar refractivity (Wildman–Crippen MR) is 488 cm³/mol. The molecule has 0 aliphatic carbocycles. The second-order valence-corrected chi connectivity index (χ2v) is 286. The fraction of sp³-hybridized carbons (Fsp3) is 1.00. The molecule has 9 aliphatic heterocycles. The topological polar surface area (TPSA) is 0 Å². The molecule has 9 heterocycles. The molecule has 9 saturated heterocycles. The van der Waals surface area contributed by atoms with Gasteiger partial charge in [0.1, 0.15) is 0 Å². The lowest BCUT2D eigenvalue weighted by molar-refractivity contribution is 0.595. The van der Waals surface area contributed by atoms with Crippen LogP contribution >= 0.6 is 0 Å². The lowest BCUT2D eigenvalue weighted by atomic mass is 10.2. The molecular formula is C78H180Si17. The number of rotatable bonds is 4. The molecule has 0 saturated carbocycles. The van der Waals surface area contributed by atoms with Crippen LogP contribution in [0, 0.1) is 0 Å². The van der Waals surface area contributed by atoms with Crippen LogP contribution in [0.15, 0.2) is 0 Å². The molecule has 0 unspecified atom stereocenters. The molecule has 0 amide bonds. The summed E-state index contributed by atoms with van der Waals surface area (Å²) in [4.78, 5) is 0. The van der Waals surface area contributed by atoms with Crippen LogP contribution in [0.25, 0.3) is 0 Å². The van der Waals surface area contributed by atoms with Crippen molar-refractivity contribution in [2.24, 2.45) is 0 Å². The second-order valence-electron chi connectivity index (χ2n) is 56.2. The Morgan fingerprint density at radius 2 is 0.179 bits per heavy atom. The third-order valence-corrected chi connectivity index (χ3v) is 749. The zero-order valence-electron chi connectivity index (χ0n) is 77.5. The van der Waals surface area contributed by atoms with E-state index in [1.807, 2.05) is 0 Å². The molecule has 0 atom stereocenters. The molecule has 17 heteroatoms. The van der Waals surface area contributed by atoms with Crippen molar-refractivity contribution < 1.29 is 0 Å². The van der Waals surface area contributed by atoms with Gasteiger partial charge in [-0.3, -0.25) is 0 Å². The summed E-state index contributed by atoms with van der Waals surface area (Å²) in [5.41, 5.74) is 0. The summed E-state index contributed by atoms with van der Waals surface area (Å²) in [6.07, 6.45) is -16.9. The molecule has 0 spiro atoms. The van der Waals surface area contributed by atoms with E-state index in [2.05, 4.69) is 413 Å². The first-order chi connectivity index (χ1) is 40.0. The number of hydrogen-bond acceptors (Lipinski definition) is 0. The van der Waals surface area contributed by atoms with Crippen LogP contribution in [-0.2, 0) is 0 Å². The molecule has 6 bridgehead atoms. The summed E-state index contributed by atoms with van der Waals surface area (Å²) in [6.45, 7) is 195. The SMILES string of the molecule is CC(C)(C)[Si]1(C(C)(C)C)[Si]2([Si](C)(C)C)[Si](C(C)(C)C)(C(C)(C)C)[Si]1([Si]13[Si](C(C)(C)C)(C(C)(C)C)[Si]([Si]45[Si](C(C)(C)C)(C(C)(C)C)[Si]([Si](C)(C)C)([Si]4(C(C)(C)C)C(C)(C)C)[Si]5(C(C)(C)C)C(C)(C)C)([Si]1(C(C)(C)C)C(C)(C)C)[Si]3(C(C)(C)C)C(C)(C)C)[Si]2(C(C)(C)C)C(C)(C)C. The Balaban J connectivity index is 2.74. The highest BCUT2D eigenvalue weighted by atomic mass is 31.1. The van der Waals surface area contributed by atoms with E-state index in [9.17, 15) is 0 Å². The van der Waals surface area contributed by atoms with Crippen molar-refractivity contribution in [3.63, 3.8) is 0 Å². The van der Waals surface area contributed by atoms with Gasteiger partial charge in [0.2, 0.25) is 0 Å². The van der Waals surface area contributed by atoms with Gasteiger partial charge in [0, 0.05) is 116 Å². The highest BCUT2D eigenvalue weighted by Crippen LogP contribution is 3.10. The highest BCUT2D eigenvalue weighted by Gasteiger charge is 3.35. The quantitative estimate of drug-likeness (QED) is 0.246. The van der Waals surface area contributed by atoms with E-state index in [0.29, 0.717) is 60.5 Å². The molecule has 0 radical (unpaired) electrons. The molecule has 95 heavy (non-hydrogen) atoms. The first kappa shape index (κ1) is 87.6. The summed E-state index contributed by atoms with van der Waals surface area (Å²) in [7, 11) is -28.9. The molecule has 0 aromatic carbocycles. The van der Waals surface area contributed by atoms with E-state index in [1.54, 1.807) is 0 Å². The van der Waals surface area contributed by atoms with E-state index < -0.39 is 116 Å². The van der Waals surface area contributed by atoms with E-state index in [4.69, 9.17) is 0 Å². The number of hydrogen-bond donors (Lipinski definition) is 0. The lowest BCUT2D eigenvalue weighted by Gasteiger charge is -3.28. The van der Waals surface area contributed by atoms with Crippen LogP contribution in [0.4, 0.5) is 0 Å². The highest BCUT2D eigenvalue weighted by molar-refractivity contribution is 8.84. The summed E-state index contributed by atoms with van der Waals surface area (Å²) in [5.74, 6) is 0. The predicted octanol–water partition coefficient (Wildman–Crippen LogP) is 28.6. The maximum atomic E-state index is 3.33. The van der Waals surface area contributed by atoms with Gasteiger partial charge in [0.25, 0.3) is 0 Å². The summed E-state index contributed by atoms with van der Waals surface area (Å²) >= 11 is 0. The van der Waals surface area contributed by atoms with Crippen molar-refractivity contribution in [3.8, 4) is 0 Å². The molecule has 9 aliphatic rings. The van der Waals surface area contributed by atoms with Gasteiger partial charge in [-0.15, -0.1) is 0 Å². The van der Waals surface area contributed by atoms with Gasteiger partial charge in [0.15, 0.2) is 0 Å². The van der Waals surface area contributed by atoms with E-state index in [-0.39, 0.29) is 30.2 Å². The smallest absolute Gasteiger partial charge is 0.0385 e. The van der Waals surface area contributed by atoms with Crippen molar-refractivity contribution in [1.82, 2.24) is 0 Å². The Kier molecular flexibility index (Phi) is 18.4. The van der Waals surface area contributed by atoms with Gasteiger partial charge in [-0.25, -0.2) is 0 Å². The minimum Gasteiger partial charge on any atom is -0.0721 e. The minimum absolute atomic E-state index is 0.264. The summed E-state index contributed by atoms with van der Waals surface area (Å²) in [5, 5.41) is 5.31. The molecule has 9 fully saturated rings. The maximum Gasteiger partial charge on any atom is 0.0385 e.